The molecule has 1 heterocycles. The number of benzene rings is 1. The Kier molecular flexibility index (Phi) is 2.70. The molecule has 1 atom stereocenters. The highest BCUT2D eigenvalue weighted by molar-refractivity contribution is 5.52. The summed E-state index contributed by atoms with van der Waals surface area (Å²) in [7, 11) is 0. The summed E-state index contributed by atoms with van der Waals surface area (Å²) in [6.07, 6.45) is -0.431. The molecule has 2 N–H and O–H groups in total. The lowest BCUT2D eigenvalue weighted by atomic mass is 10.1. The van der Waals surface area contributed by atoms with Gasteiger partial charge in [-0.2, -0.15) is 0 Å². The van der Waals surface area contributed by atoms with Crippen molar-refractivity contribution in [2.24, 2.45) is 0 Å². The van der Waals surface area contributed by atoms with Crippen LogP contribution in [-0.4, -0.2) is 24.4 Å². The van der Waals surface area contributed by atoms with Crippen LogP contribution in [0, 0.1) is 0 Å². The van der Waals surface area contributed by atoms with Gasteiger partial charge in [0.05, 0.1) is 25.4 Å². The summed E-state index contributed by atoms with van der Waals surface area (Å²) in [4.78, 5) is 0. The molecule has 0 aromatic heterocycles. The van der Waals surface area contributed by atoms with Gasteiger partial charge in [0.2, 0.25) is 0 Å². The van der Waals surface area contributed by atoms with Gasteiger partial charge in [-0.05, 0) is 13.0 Å². The molecule has 1 aromatic carbocycles. The monoisotopic (exact) mass is 193 g/mol. The zero-order valence-electron chi connectivity index (χ0n) is 8.23. The lowest BCUT2D eigenvalue weighted by molar-refractivity contribution is 0.0210. The van der Waals surface area contributed by atoms with E-state index in [0.29, 0.717) is 6.04 Å². The van der Waals surface area contributed by atoms with Crippen LogP contribution in [0.4, 0.5) is 5.69 Å². The van der Waals surface area contributed by atoms with Crippen molar-refractivity contribution < 1.29 is 9.84 Å². The van der Waals surface area contributed by atoms with E-state index in [0.717, 1.165) is 24.5 Å². The van der Waals surface area contributed by atoms with E-state index in [-0.39, 0.29) is 0 Å². The highest BCUT2D eigenvalue weighted by atomic mass is 16.5. The molecule has 0 aliphatic carbocycles. The van der Waals surface area contributed by atoms with Crippen molar-refractivity contribution in [3.05, 3.63) is 29.8 Å². The number of nitrogens with one attached hydrogen (secondary N) is 1. The summed E-state index contributed by atoms with van der Waals surface area (Å²) in [5, 5.41) is 12.9. The van der Waals surface area contributed by atoms with E-state index in [4.69, 9.17) is 4.74 Å². The first kappa shape index (κ1) is 9.49. The van der Waals surface area contributed by atoms with Crippen LogP contribution in [0.3, 0.4) is 0 Å². The van der Waals surface area contributed by atoms with Crippen molar-refractivity contribution >= 4 is 5.69 Å². The lowest BCUT2D eigenvalue weighted by Gasteiger charge is -2.29. The molecule has 1 saturated heterocycles. The molecule has 1 aromatic rings. The number of aliphatic hydroxyl groups excluding tert-OH is 1. The minimum absolute atomic E-state index is 0.398. The quantitative estimate of drug-likeness (QED) is 0.765. The van der Waals surface area contributed by atoms with Crippen molar-refractivity contribution in [3.8, 4) is 0 Å². The van der Waals surface area contributed by atoms with Crippen molar-refractivity contribution in [2.45, 2.75) is 19.1 Å². The maximum Gasteiger partial charge on any atom is 0.0781 e. The zero-order chi connectivity index (χ0) is 9.97. The summed E-state index contributed by atoms with van der Waals surface area (Å²) >= 11 is 0. The van der Waals surface area contributed by atoms with E-state index in [1.165, 1.54) is 0 Å². The average molecular weight is 193 g/mol. The third kappa shape index (κ3) is 1.89. The summed E-state index contributed by atoms with van der Waals surface area (Å²) in [5.41, 5.74) is 1.95. The van der Waals surface area contributed by atoms with Gasteiger partial charge in [0.25, 0.3) is 0 Å². The average Bonchev–Trinajstić information content (AvgIpc) is 2.12. The van der Waals surface area contributed by atoms with Gasteiger partial charge in [-0.3, -0.25) is 0 Å². The van der Waals surface area contributed by atoms with Crippen LogP contribution in [0.25, 0.3) is 0 Å². The Morgan fingerprint density at radius 3 is 2.71 bits per heavy atom. The Morgan fingerprint density at radius 1 is 1.43 bits per heavy atom. The second-order valence-corrected chi connectivity index (χ2v) is 3.64. The molecule has 3 nitrogen and oxygen atoms in total. The molecule has 1 fully saturated rings. The Hall–Kier alpha value is -1.06. The Balaban J connectivity index is 2.13. The standard InChI is InChI=1S/C11H15NO2/c1-8(13)10-4-2-3-5-11(10)12-9-6-14-7-9/h2-5,8-9,12-13H,6-7H2,1H3. The van der Waals surface area contributed by atoms with Crippen LogP contribution in [0.2, 0.25) is 0 Å². The molecule has 14 heavy (non-hydrogen) atoms. The van der Waals surface area contributed by atoms with Gasteiger partial charge in [0, 0.05) is 11.3 Å². The SMILES string of the molecule is CC(O)c1ccccc1NC1COC1. The van der Waals surface area contributed by atoms with E-state index in [1.807, 2.05) is 24.3 Å². The van der Waals surface area contributed by atoms with Crippen LogP contribution in [-0.2, 0) is 4.74 Å². The summed E-state index contributed by atoms with van der Waals surface area (Å²) in [5.74, 6) is 0. The zero-order valence-corrected chi connectivity index (χ0v) is 8.23. The second kappa shape index (κ2) is 3.98. The number of hydrogen-bond donors (Lipinski definition) is 2. The molecule has 3 heteroatoms. The number of anilines is 1. The topological polar surface area (TPSA) is 41.5 Å². The molecule has 0 bridgehead atoms. The summed E-state index contributed by atoms with van der Waals surface area (Å²) in [6, 6.07) is 8.22. The van der Waals surface area contributed by atoms with Gasteiger partial charge >= 0.3 is 0 Å². The van der Waals surface area contributed by atoms with E-state index in [1.54, 1.807) is 6.92 Å². The minimum Gasteiger partial charge on any atom is -0.389 e. The fourth-order valence-electron chi connectivity index (χ4n) is 1.53. The predicted molar refractivity (Wildman–Crippen MR) is 55.3 cm³/mol. The molecule has 1 unspecified atom stereocenters. The number of hydrogen-bond acceptors (Lipinski definition) is 3. The fourth-order valence-corrected chi connectivity index (χ4v) is 1.53. The minimum atomic E-state index is -0.431. The van der Waals surface area contributed by atoms with Crippen LogP contribution in [0.15, 0.2) is 24.3 Å². The van der Waals surface area contributed by atoms with Crippen LogP contribution in [0.1, 0.15) is 18.6 Å². The molecule has 1 aliphatic heterocycles. The molecular weight excluding hydrogens is 178 g/mol. The Morgan fingerprint density at radius 2 is 2.14 bits per heavy atom. The largest absolute Gasteiger partial charge is 0.389 e. The fraction of sp³-hybridized carbons (Fsp3) is 0.455. The molecule has 1 aliphatic rings. The molecule has 0 spiro atoms. The Labute approximate surface area is 83.7 Å². The van der Waals surface area contributed by atoms with Crippen molar-refractivity contribution in [3.63, 3.8) is 0 Å². The number of para-hydroxylation sites is 1. The molecule has 2 rings (SSSR count). The highest BCUT2D eigenvalue weighted by Gasteiger charge is 2.19. The van der Waals surface area contributed by atoms with Gasteiger partial charge in [-0.15, -0.1) is 0 Å². The smallest absolute Gasteiger partial charge is 0.0781 e. The molecule has 0 radical (unpaired) electrons. The van der Waals surface area contributed by atoms with E-state index in [9.17, 15) is 5.11 Å². The third-order valence-electron chi connectivity index (χ3n) is 2.41. The van der Waals surface area contributed by atoms with Crippen molar-refractivity contribution in [2.75, 3.05) is 18.5 Å². The van der Waals surface area contributed by atoms with E-state index >= 15 is 0 Å². The lowest BCUT2D eigenvalue weighted by Crippen LogP contribution is -2.40. The number of rotatable bonds is 3. The van der Waals surface area contributed by atoms with Crippen LogP contribution < -0.4 is 5.32 Å². The first-order valence-electron chi connectivity index (χ1n) is 4.88. The predicted octanol–water partition coefficient (Wildman–Crippen LogP) is 1.55. The maximum absolute atomic E-state index is 9.54. The van der Waals surface area contributed by atoms with Gasteiger partial charge in [-0.1, -0.05) is 18.2 Å². The molecule has 76 valence electrons. The van der Waals surface area contributed by atoms with E-state index in [2.05, 4.69) is 5.32 Å². The summed E-state index contributed by atoms with van der Waals surface area (Å²) < 4.78 is 5.08. The van der Waals surface area contributed by atoms with Gasteiger partial charge in [0.15, 0.2) is 0 Å². The Bertz CT molecular complexity index is 308. The number of aliphatic hydroxyl groups is 1. The first-order valence-corrected chi connectivity index (χ1v) is 4.88. The van der Waals surface area contributed by atoms with Gasteiger partial charge < -0.3 is 15.2 Å². The molecule has 0 saturated carbocycles. The third-order valence-corrected chi connectivity index (χ3v) is 2.41. The molecular formula is C11H15NO2. The summed E-state index contributed by atoms with van der Waals surface area (Å²) in [6.45, 7) is 3.29. The maximum atomic E-state index is 9.54. The van der Waals surface area contributed by atoms with Crippen LogP contribution >= 0.6 is 0 Å². The van der Waals surface area contributed by atoms with Crippen LogP contribution in [0.5, 0.6) is 0 Å². The number of ether oxygens (including phenoxy) is 1. The van der Waals surface area contributed by atoms with E-state index < -0.39 is 6.10 Å². The van der Waals surface area contributed by atoms with Gasteiger partial charge in [0.1, 0.15) is 0 Å². The van der Waals surface area contributed by atoms with Crippen molar-refractivity contribution in [1.82, 2.24) is 0 Å². The second-order valence-electron chi connectivity index (χ2n) is 3.64. The van der Waals surface area contributed by atoms with Gasteiger partial charge in [-0.25, -0.2) is 0 Å². The first-order chi connectivity index (χ1) is 6.77. The molecule has 0 amide bonds. The highest BCUT2D eigenvalue weighted by Crippen LogP contribution is 2.23. The van der Waals surface area contributed by atoms with Crippen molar-refractivity contribution in [1.29, 1.82) is 0 Å². The normalized spacial score (nSPS) is 18.7.